The molecule has 1 aliphatic rings. The van der Waals surface area contributed by atoms with Crippen LogP contribution in [-0.4, -0.2) is 63.3 Å². The first-order chi connectivity index (χ1) is 9.69. The Balaban J connectivity index is 2.10. The molecule has 0 aromatic carbocycles. The second-order valence-corrected chi connectivity index (χ2v) is 5.90. The SMILES string of the molecule is NC(=S)c1ncn([C@@H]2O[C@H](COS(N)(=O)=O)[C@@H](O)[C@H]2O)n1. The van der Waals surface area contributed by atoms with Gasteiger partial charge in [0.2, 0.25) is 5.82 Å². The molecule has 0 aliphatic carbocycles. The molecule has 0 radical (unpaired) electrons. The fourth-order valence-electron chi connectivity index (χ4n) is 1.76. The van der Waals surface area contributed by atoms with Gasteiger partial charge in [-0.15, -0.1) is 5.10 Å². The monoisotopic (exact) mass is 339 g/mol. The van der Waals surface area contributed by atoms with Gasteiger partial charge in [0.15, 0.2) is 6.23 Å². The third kappa shape index (κ3) is 3.70. The lowest BCUT2D eigenvalue weighted by molar-refractivity contribution is -0.0549. The first-order valence-corrected chi connectivity index (χ1v) is 7.46. The van der Waals surface area contributed by atoms with Crippen LogP contribution in [0.25, 0.3) is 0 Å². The van der Waals surface area contributed by atoms with E-state index in [4.69, 9.17) is 22.7 Å². The van der Waals surface area contributed by atoms with Crippen LogP contribution in [0.5, 0.6) is 0 Å². The van der Waals surface area contributed by atoms with E-state index in [1.54, 1.807) is 0 Å². The van der Waals surface area contributed by atoms with Crippen molar-refractivity contribution < 1.29 is 27.6 Å². The Bertz CT molecular complexity index is 633. The summed E-state index contributed by atoms with van der Waals surface area (Å²) in [5.41, 5.74) is 5.35. The number of ether oxygens (including phenoxy) is 1. The van der Waals surface area contributed by atoms with E-state index in [0.29, 0.717) is 0 Å². The lowest BCUT2D eigenvalue weighted by Gasteiger charge is -2.13. The van der Waals surface area contributed by atoms with E-state index >= 15 is 0 Å². The highest BCUT2D eigenvalue weighted by molar-refractivity contribution is 7.84. The molecule has 1 aromatic rings. The predicted molar refractivity (Wildman–Crippen MR) is 70.9 cm³/mol. The van der Waals surface area contributed by atoms with Crippen molar-refractivity contribution >= 4 is 27.5 Å². The summed E-state index contributed by atoms with van der Waals surface area (Å²) in [6.45, 7) is -0.551. The van der Waals surface area contributed by atoms with Gasteiger partial charge in [-0.2, -0.15) is 8.42 Å². The summed E-state index contributed by atoms with van der Waals surface area (Å²) in [7, 11) is -4.18. The van der Waals surface area contributed by atoms with Crippen molar-refractivity contribution in [1.29, 1.82) is 0 Å². The highest BCUT2D eigenvalue weighted by Crippen LogP contribution is 2.29. The van der Waals surface area contributed by atoms with E-state index in [9.17, 15) is 18.6 Å². The minimum Gasteiger partial charge on any atom is -0.387 e. The summed E-state index contributed by atoms with van der Waals surface area (Å²) in [5.74, 6) is 0.0690. The number of hydrogen-bond donors (Lipinski definition) is 4. The summed E-state index contributed by atoms with van der Waals surface area (Å²) in [6.07, 6.45) is -3.77. The Morgan fingerprint density at radius 3 is 2.71 bits per heavy atom. The normalized spacial score (nSPS) is 29.7. The van der Waals surface area contributed by atoms with Crippen molar-refractivity contribution in [2.24, 2.45) is 10.9 Å². The zero-order chi connectivity index (χ0) is 15.8. The summed E-state index contributed by atoms with van der Waals surface area (Å²) in [6, 6.07) is 0. The van der Waals surface area contributed by atoms with E-state index in [0.717, 1.165) is 4.68 Å². The Morgan fingerprint density at radius 2 is 2.19 bits per heavy atom. The number of hydrogen-bond acceptors (Lipinski definition) is 9. The third-order valence-electron chi connectivity index (χ3n) is 2.72. The molecule has 0 saturated carbocycles. The van der Waals surface area contributed by atoms with Crippen molar-refractivity contribution in [2.45, 2.75) is 24.5 Å². The highest BCUT2D eigenvalue weighted by Gasteiger charge is 2.44. The van der Waals surface area contributed by atoms with Crippen LogP contribution in [0.3, 0.4) is 0 Å². The zero-order valence-corrected chi connectivity index (χ0v) is 12.1. The van der Waals surface area contributed by atoms with Gasteiger partial charge in [-0.05, 0) is 0 Å². The van der Waals surface area contributed by atoms with E-state index in [2.05, 4.69) is 19.4 Å². The lowest BCUT2D eigenvalue weighted by Crippen LogP contribution is -2.35. The molecule has 21 heavy (non-hydrogen) atoms. The second kappa shape index (κ2) is 5.88. The smallest absolute Gasteiger partial charge is 0.333 e. The van der Waals surface area contributed by atoms with Gasteiger partial charge in [0.1, 0.15) is 29.6 Å². The largest absolute Gasteiger partial charge is 0.387 e. The number of nitrogens with two attached hydrogens (primary N) is 2. The maximum Gasteiger partial charge on any atom is 0.333 e. The van der Waals surface area contributed by atoms with Gasteiger partial charge < -0.3 is 20.7 Å². The van der Waals surface area contributed by atoms with Crippen LogP contribution in [0.2, 0.25) is 0 Å². The number of aliphatic hydroxyl groups is 2. The van der Waals surface area contributed by atoms with E-state index < -0.39 is 41.5 Å². The molecule has 1 aromatic heterocycles. The minimum absolute atomic E-state index is 0.0455. The molecule has 1 fully saturated rings. The minimum atomic E-state index is -4.18. The number of nitrogens with zero attached hydrogens (tertiary/aromatic N) is 3. The zero-order valence-electron chi connectivity index (χ0n) is 10.4. The van der Waals surface area contributed by atoms with Crippen LogP contribution in [0, 0.1) is 0 Å². The van der Waals surface area contributed by atoms with Gasteiger partial charge in [0.25, 0.3) is 0 Å². The Labute approximate surface area is 124 Å². The summed E-state index contributed by atoms with van der Waals surface area (Å²) >= 11 is 4.69. The molecular weight excluding hydrogens is 326 g/mol. The van der Waals surface area contributed by atoms with Gasteiger partial charge in [0, 0.05) is 0 Å². The lowest BCUT2D eigenvalue weighted by atomic mass is 10.1. The maximum absolute atomic E-state index is 10.7. The fourth-order valence-corrected chi connectivity index (χ4v) is 2.17. The van der Waals surface area contributed by atoms with Crippen LogP contribution in [-0.2, 0) is 19.2 Å². The summed E-state index contributed by atoms with van der Waals surface area (Å²) in [5, 5.41) is 28.2. The predicted octanol–water partition coefficient (Wildman–Crippen LogP) is -3.25. The molecule has 1 saturated heterocycles. The van der Waals surface area contributed by atoms with Crippen LogP contribution in [0.4, 0.5) is 0 Å². The van der Waals surface area contributed by atoms with Gasteiger partial charge >= 0.3 is 10.3 Å². The topological polar surface area (TPSA) is 176 Å². The molecule has 0 amide bonds. The summed E-state index contributed by atoms with van der Waals surface area (Å²) < 4.78 is 32.1. The standard InChI is InChI=1S/C8H13N5O6S2/c9-6(20)7-11-2-13(12-7)8-5(15)4(14)3(19-8)1-18-21(10,16)17/h2-5,8,14-15H,1H2,(H2,9,20)(H2,10,16,17)/t3-,4-,5-,8-/m1/s1. The Morgan fingerprint density at radius 1 is 1.52 bits per heavy atom. The Kier molecular flexibility index (Phi) is 4.52. The molecule has 118 valence electrons. The van der Waals surface area contributed by atoms with Crippen LogP contribution in [0.1, 0.15) is 12.1 Å². The van der Waals surface area contributed by atoms with Crippen molar-refractivity contribution in [3.8, 4) is 0 Å². The molecule has 0 spiro atoms. The average Bonchev–Trinajstić information content (AvgIpc) is 2.94. The molecular formula is C8H13N5O6S2. The molecule has 0 unspecified atom stereocenters. The molecule has 13 heteroatoms. The molecule has 11 nitrogen and oxygen atoms in total. The van der Waals surface area contributed by atoms with Crippen molar-refractivity contribution in [1.82, 2.24) is 14.8 Å². The molecule has 0 bridgehead atoms. The van der Waals surface area contributed by atoms with E-state index in [1.807, 2.05) is 0 Å². The highest BCUT2D eigenvalue weighted by atomic mass is 32.2. The van der Waals surface area contributed by atoms with E-state index in [1.165, 1.54) is 6.33 Å². The number of aromatic nitrogens is 3. The number of aliphatic hydroxyl groups excluding tert-OH is 2. The van der Waals surface area contributed by atoms with Gasteiger partial charge in [-0.25, -0.2) is 14.8 Å². The number of rotatable bonds is 5. The first-order valence-electron chi connectivity index (χ1n) is 5.59. The third-order valence-corrected chi connectivity index (χ3v) is 3.37. The Hall–Kier alpha value is -1.22. The van der Waals surface area contributed by atoms with Crippen molar-refractivity contribution in [3.63, 3.8) is 0 Å². The van der Waals surface area contributed by atoms with Gasteiger partial charge in [-0.1, -0.05) is 12.2 Å². The first kappa shape index (κ1) is 16.2. The van der Waals surface area contributed by atoms with Crippen LogP contribution < -0.4 is 10.9 Å². The maximum atomic E-state index is 10.7. The van der Waals surface area contributed by atoms with E-state index in [-0.39, 0.29) is 10.8 Å². The average molecular weight is 339 g/mol. The second-order valence-electron chi connectivity index (χ2n) is 4.24. The quantitative estimate of drug-likeness (QED) is 0.398. The fraction of sp³-hybridized carbons (Fsp3) is 0.625. The molecule has 4 atom stereocenters. The van der Waals surface area contributed by atoms with Crippen molar-refractivity contribution in [2.75, 3.05) is 6.61 Å². The van der Waals surface area contributed by atoms with Crippen LogP contribution >= 0.6 is 12.2 Å². The van der Waals surface area contributed by atoms with Gasteiger partial charge in [0.05, 0.1) is 6.61 Å². The summed E-state index contributed by atoms with van der Waals surface area (Å²) in [4.78, 5) is 3.75. The molecule has 2 heterocycles. The van der Waals surface area contributed by atoms with Gasteiger partial charge in [-0.3, -0.25) is 4.18 Å². The molecule has 1 aliphatic heterocycles. The molecule has 6 N–H and O–H groups in total. The molecule has 2 rings (SSSR count). The van der Waals surface area contributed by atoms with Crippen LogP contribution in [0.15, 0.2) is 6.33 Å². The number of thiocarbonyl (C=S) groups is 1. The van der Waals surface area contributed by atoms with Crippen molar-refractivity contribution in [3.05, 3.63) is 12.2 Å².